The third-order valence-electron chi connectivity index (χ3n) is 5.15. The van der Waals surface area contributed by atoms with Gasteiger partial charge in [-0.3, -0.25) is 9.79 Å². The number of nitrogens with zero attached hydrogens (tertiary/aromatic N) is 3. The highest BCUT2D eigenvalue weighted by molar-refractivity contribution is 5.85. The van der Waals surface area contributed by atoms with Crippen LogP contribution in [0.2, 0.25) is 0 Å². The molecule has 0 saturated heterocycles. The van der Waals surface area contributed by atoms with Crippen LogP contribution >= 0.6 is 0 Å². The highest BCUT2D eigenvalue weighted by atomic mass is 16.6. The van der Waals surface area contributed by atoms with Crippen LogP contribution in [0.15, 0.2) is 4.99 Å². The number of ether oxygens (including phenoxy) is 1. The fourth-order valence-electron chi connectivity index (χ4n) is 3.68. The van der Waals surface area contributed by atoms with E-state index in [1.807, 2.05) is 34.9 Å². The topological polar surface area (TPSA) is 86.3 Å². The van der Waals surface area contributed by atoms with Crippen molar-refractivity contribution in [3.05, 3.63) is 0 Å². The molecular weight excluding hydrogens is 370 g/mol. The average molecular weight is 412 g/mol. The molecule has 0 aromatic carbocycles. The van der Waals surface area contributed by atoms with Crippen LogP contribution < -0.4 is 10.6 Å². The zero-order chi connectivity index (χ0) is 22.2. The Bertz CT molecular complexity index is 577. The van der Waals surface area contributed by atoms with Gasteiger partial charge in [0.05, 0.1) is 5.41 Å². The van der Waals surface area contributed by atoms with E-state index in [4.69, 9.17) is 4.74 Å². The van der Waals surface area contributed by atoms with Crippen molar-refractivity contribution in [3.8, 4) is 0 Å². The first kappa shape index (κ1) is 25.0. The number of hydrogen-bond donors (Lipinski definition) is 2. The molecule has 0 bridgehead atoms. The molecule has 8 nitrogen and oxygen atoms in total. The number of amides is 2. The molecule has 0 aromatic rings. The van der Waals surface area contributed by atoms with Crippen molar-refractivity contribution in [2.24, 2.45) is 16.3 Å². The molecule has 1 unspecified atom stereocenters. The van der Waals surface area contributed by atoms with Gasteiger partial charge in [-0.2, -0.15) is 0 Å². The molecule has 1 atom stereocenters. The number of carbonyl (C=O) groups is 2. The number of rotatable bonds is 7. The summed E-state index contributed by atoms with van der Waals surface area (Å²) in [4.78, 5) is 32.4. The molecule has 2 N–H and O–H groups in total. The maximum absolute atomic E-state index is 12.7. The largest absolute Gasteiger partial charge is 0.444 e. The van der Waals surface area contributed by atoms with Crippen molar-refractivity contribution in [1.29, 1.82) is 0 Å². The van der Waals surface area contributed by atoms with Crippen molar-refractivity contribution >= 4 is 18.0 Å². The Kier molecular flexibility index (Phi) is 9.23. The Labute approximate surface area is 176 Å². The van der Waals surface area contributed by atoms with Crippen molar-refractivity contribution in [2.75, 3.05) is 47.8 Å². The second-order valence-corrected chi connectivity index (χ2v) is 9.46. The third-order valence-corrected chi connectivity index (χ3v) is 5.15. The van der Waals surface area contributed by atoms with Gasteiger partial charge < -0.3 is 25.2 Å². The van der Waals surface area contributed by atoms with Crippen LogP contribution in [-0.2, 0) is 9.53 Å². The first-order valence-electron chi connectivity index (χ1n) is 10.5. The summed E-state index contributed by atoms with van der Waals surface area (Å²) in [5.74, 6) is 1.06. The van der Waals surface area contributed by atoms with E-state index >= 15 is 0 Å². The Morgan fingerprint density at radius 1 is 1.14 bits per heavy atom. The van der Waals surface area contributed by atoms with E-state index in [0.717, 1.165) is 25.7 Å². The lowest BCUT2D eigenvalue weighted by Crippen LogP contribution is -2.50. The van der Waals surface area contributed by atoms with E-state index < -0.39 is 5.60 Å². The highest BCUT2D eigenvalue weighted by Crippen LogP contribution is 2.38. The number of hydrogen-bond acceptors (Lipinski definition) is 4. The van der Waals surface area contributed by atoms with Crippen LogP contribution in [0.1, 0.15) is 53.4 Å². The molecule has 2 amide bonds. The lowest BCUT2D eigenvalue weighted by atomic mass is 9.84. The molecule has 8 heteroatoms. The number of nitrogens with one attached hydrogen (secondary N) is 2. The standard InChI is InChI=1S/C21H41N5O3/c1-16(14-26(8)19(28)29-20(2,3)4)13-23-18(22-5)24-15-21(11-9-10-12-21)17(27)25(6)7/h16H,9-15H2,1-8H3,(H2,22,23,24). The van der Waals surface area contributed by atoms with Crippen LogP contribution in [0.4, 0.5) is 4.79 Å². The van der Waals surface area contributed by atoms with E-state index in [0.29, 0.717) is 25.6 Å². The molecule has 1 aliphatic carbocycles. The highest BCUT2D eigenvalue weighted by Gasteiger charge is 2.42. The van der Waals surface area contributed by atoms with Gasteiger partial charge in [-0.05, 0) is 39.5 Å². The first-order valence-corrected chi connectivity index (χ1v) is 10.5. The third kappa shape index (κ3) is 8.11. The van der Waals surface area contributed by atoms with E-state index in [1.165, 1.54) is 0 Å². The zero-order valence-corrected chi connectivity index (χ0v) is 19.6. The van der Waals surface area contributed by atoms with Gasteiger partial charge in [0.2, 0.25) is 5.91 Å². The van der Waals surface area contributed by atoms with Gasteiger partial charge in [-0.25, -0.2) is 4.79 Å². The minimum absolute atomic E-state index is 0.185. The summed E-state index contributed by atoms with van der Waals surface area (Å²) in [6, 6.07) is 0. The molecule has 1 aliphatic rings. The second kappa shape index (κ2) is 10.7. The quantitative estimate of drug-likeness (QED) is 0.496. The van der Waals surface area contributed by atoms with Crippen LogP contribution in [0.3, 0.4) is 0 Å². The molecule has 0 radical (unpaired) electrons. The van der Waals surface area contributed by atoms with E-state index in [9.17, 15) is 9.59 Å². The number of guanidine groups is 1. The molecule has 1 rings (SSSR count). The summed E-state index contributed by atoms with van der Waals surface area (Å²) in [5.41, 5.74) is -0.845. The maximum atomic E-state index is 12.7. The molecule has 168 valence electrons. The molecule has 0 aliphatic heterocycles. The lowest BCUT2D eigenvalue weighted by Gasteiger charge is -2.31. The fraction of sp³-hybridized carbons (Fsp3) is 0.857. The summed E-state index contributed by atoms with van der Waals surface area (Å²) >= 11 is 0. The summed E-state index contributed by atoms with van der Waals surface area (Å²) in [5, 5.41) is 6.64. The summed E-state index contributed by atoms with van der Waals surface area (Å²) in [6.45, 7) is 9.45. The molecule has 0 heterocycles. The second-order valence-electron chi connectivity index (χ2n) is 9.46. The lowest BCUT2D eigenvalue weighted by molar-refractivity contribution is -0.138. The summed E-state index contributed by atoms with van der Waals surface area (Å²) in [6.07, 6.45) is 3.66. The zero-order valence-electron chi connectivity index (χ0n) is 19.6. The summed E-state index contributed by atoms with van der Waals surface area (Å²) in [7, 11) is 7.10. The Morgan fingerprint density at radius 3 is 2.21 bits per heavy atom. The van der Waals surface area contributed by atoms with E-state index in [-0.39, 0.29) is 23.3 Å². The van der Waals surface area contributed by atoms with Crippen LogP contribution in [0.25, 0.3) is 0 Å². The normalized spacial score (nSPS) is 17.4. The number of aliphatic imine (C=N–C) groups is 1. The smallest absolute Gasteiger partial charge is 0.410 e. The van der Waals surface area contributed by atoms with Crippen molar-refractivity contribution < 1.29 is 14.3 Å². The Hall–Kier alpha value is -1.99. The van der Waals surface area contributed by atoms with Gasteiger partial charge in [-0.1, -0.05) is 19.8 Å². The average Bonchev–Trinajstić information content (AvgIpc) is 3.09. The van der Waals surface area contributed by atoms with Gasteiger partial charge in [0, 0.05) is 47.8 Å². The molecular formula is C21H41N5O3. The van der Waals surface area contributed by atoms with Gasteiger partial charge in [0.15, 0.2) is 5.96 Å². The molecule has 1 saturated carbocycles. The molecule has 0 spiro atoms. The molecule has 29 heavy (non-hydrogen) atoms. The predicted molar refractivity (Wildman–Crippen MR) is 117 cm³/mol. The molecule has 1 fully saturated rings. The fourth-order valence-corrected chi connectivity index (χ4v) is 3.68. The predicted octanol–water partition coefficient (Wildman–Crippen LogP) is 2.30. The Morgan fingerprint density at radius 2 is 1.72 bits per heavy atom. The first-order chi connectivity index (χ1) is 13.4. The Balaban J connectivity index is 2.51. The van der Waals surface area contributed by atoms with Gasteiger partial charge in [0.1, 0.15) is 5.60 Å². The van der Waals surface area contributed by atoms with Crippen LogP contribution in [-0.4, -0.2) is 81.2 Å². The maximum Gasteiger partial charge on any atom is 0.410 e. The van der Waals surface area contributed by atoms with Crippen LogP contribution in [0.5, 0.6) is 0 Å². The van der Waals surface area contributed by atoms with Crippen molar-refractivity contribution in [2.45, 2.75) is 59.0 Å². The van der Waals surface area contributed by atoms with Crippen molar-refractivity contribution in [3.63, 3.8) is 0 Å². The van der Waals surface area contributed by atoms with Gasteiger partial charge >= 0.3 is 6.09 Å². The molecule has 0 aromatic heterocycles. The van der Waals surface area contributed by atoms with E-state index in [1.54, 1.807) is 23.9 Å². The van der Waals surface area contributed by atoms with Crippen LogP contribution in [0, 0.1) is 11.3 Å². The minimum Gasteiger partial charge on any atom is -0.444 e. The summed E-state index contributed by atoms with van der Waals surface area (Å²) < 4.78 is 5.39. The SMILES string of the molecule is CN=C(NCC(C)CN(C)C(=O)OC(C)(C)C)NCC1(C(=O)N(C)C)CCCC1. The van der Waals surface area contributed by atoms with E-state index in [2.05, 4.69) is 22.5 Å². The minimum atomic E-state index is -0.501. The van der Waals surface area contributed by atoms with Gasteiger partial charge in [0.25, 0.3) is 0 Å². The number of carbonyl (C=O) groups excluding carboxylic acids is 2. The van der Waals surface area contributed by atoms with Gasteiger partial charge in [-0.15, -0.1) is 0 Å². The van der Waals surface area contributed by atoms with Crippen molar-refractivity contribution in [1.82, 2.24) is 20.4 Å². The monoisotopic (exact) mass is 411 g/mol.